The standard InChI is InChI=1S/C16H28S/c1-6-8-9-13(7-2)10-15-11-14(12-17-15)16(3,4)5/h11-13H,6-10H2,1-5H3. The van der Waals surface area contributed by atoms with Gasteiger partial charge in [-0.1, -0.05) is 60.3 Å². The Morgan fingerprint density at radius 2 is 1.94 bits per heavy atom. The smallest absolute Gasteiger partial charge is 0.00510 e. The van der Waals surface area contributed by atoms with Crippen LogP contribution in [0.1, 0.15) is 70.7 Å². The summed E-state index contributed by atoms with van der Waals surface area (Å²) in [6, 6.07) is 2.43. The van der Waals surface area contributed by atoms with Gasteiger partial charge in [-0.15, -0.1) is 11.3 Å². The first-order chi connectivity index (χ1) is 7.97. The first-order valence-electron chi connectivity index (χ1n) is 7.05. The third-order valence-electron chi connectivity index (χ3n) is 3.55. The van der Waals surface area contributed by atoms with Gasteiger partial charge in [-0.05, 0) is 34.8 Å². The van der Waals surface area contributed by atoms with Crippen LogP contribution in [-0.2, 0) is 11.8 Å². The lowest BCUT2D eigenvalue weighted by Crippen LogP contribution is -2.09. The molecule has 1 unspecified atom stereocenters. The monoisotopic (exact) mass is 252 g/mol. The molecule has 0 saturated carbocycles. The van der Waals surface area contributed by atoms with E-state index in [1.165, 1.54) is 37.7 Å². The lowest BCUT2D eigenvalue weighted by Gasteiger charge is -2.16. The highest BCUT2D eigenvalue weighted by Crippen LogP contribution is 2.29. The van der Waals surface area contributed by atoms with Gasteiger partial charge < -0.3 is 0 Å². The molecule has 1 aromatic heterocycles. The molecule has 0 aromatic carbocycles. The highest BCUT2D eigenvalue weighted by atomic mass is 32.1. The summed E-state index contributed by atoms with van der Waals surface area (Å²) < 4.78 is 0. The molecule has 0 saturated heterocycles. The van der Waals surface area contributed by atoms with Crippen molar-refractivity contribution >= 4 is 11.3 Å². The number of thiophene rings is 1. The zero-order chi connectivity index (χ0) is 12.9. The Bertz CT molecular complexity index is 317. The Hall–Kier alpha value is -0.300. The first-order valence-corrected chi connectivity index (χ1v) is 7.93. The molecular weight excluding hydrogens is 224 g/mol. The normalized spacial score (nSPS) is 13.9. The Balaban J connectivity index is 2.58. The van der Waals surface area contributed by atoms with Crippen LogP contribution in [0.2, 0.25) is 0 Å². The van der Waals surface area contributed by atoms with E-state index in [0.717, 1.165) is 5.92 Å². The Morgan fingerprint density at radius 1 is 1.24 bits per heavy atom. The molecule has 98 valence electrons. The fourth-order valence-electron chi connectivity index (χ4n) is 2.11. The maximum Gasteiger partial charge on any atom is 0.00510 e. The second-order valence-corrected chi connectivity index (χ2v) is 7.17. The van der Waals surface area contributed by atoms with Crippen LogP contribution < -0.4 is 0 Å². The summed E-state index contributed by atoms with van der Waals surface area (Å²) in [4.78, 5) is 1.58. The third kappa shape index (κ3) is 4.83. The van der Waals surface area contributed by atoms with Gasteiger partial charge in [0.1, 0.15) is 0 Å². The topological polar surface area (TPSA) is 0 Å². The van der Waals surface area contributed by atoms with E-state index in [0.29, 0.717) is 5.41 Å². The van der Waals surface area contributed by atoms with E-state index in [-0.39, 0.29) is 0 Å². The molecule has 1 atom stereocenters. The number of hydrogen-bond donors (Lipinski definition) is 0. The van der Waals surface area contributed by atoms with Crippen LogP contribution in [-0.4, -0.2) is 0 Å². The van der Waals surface area contributed by atoms with Crippen LogP contribution in [0.3, 0.4) is 0 Å². The summed E-state index contributed by atoms with van der Waals surface area (Å²) in [7, 11) is 0. The molecule has 1 aromatic rings. The zero-order valence-corrected chi connectivity index (χ0v) is 13.0. The molecule has 0 spiro atoms. The number of hydrogen-bond acceptors (Lipinski definition) is 1. The summed E-state index contributed by atoms with van der Waals surface area (Å²) in [6.07, 6.45) is 6.72. The molecule has 0 amide bonds. The minimum absolute atomic E-state index is 0.305. The van der Waals surface area contributed by atoms with Gasteiger partial charge in [0.15, 0.2) is 0 Å². The van der Waals surface area contributed by atoms with Gasteiger partial charge in [0.2, 0.25) is 0 Å². The SMILES string of the molecule is CCCCC(CC)Cc1cc(C(C)(C)C)cs1. The van der Waals surface area contributed by atoms with Crippen molar-refractivity contribution in [3.63, 3.8) is 0 Å². The van der Waals surface area contributed by atoms with Crippen LogP contribution in [0.5, 0.6) is 0 Å². The van der Waals surface area contributed by atoms with Gasteiger partial charge in [-0.2, -0.15) is 0 Å². The molecule has 0 aliphatic heterocycles. The van der Waals surface area contributed by atoms with Gasteiger partial charge >= 0.3 is 0 Å². The van der Waals surface area contributed by atoms with Gasteiger partial charge in [0.25, 0.3) is 0 Å². The van der Waals surface area contributed by atoms with Crippen molar-refractivity contribution in [3.05, 3.63) is 21.9 Å². The lowest BCUT2D eigenvalue weighted by atomic mass is 9.88. The molecule has 1 heteroatoms. The predicted molar refractivity (Wildman–Crippen MR) is 80.0 cm³/mol. The molecule has 0 aliphatic rings. The second kappa shape index (κ2) is 6.58. The van der Waals surface area contributed by atoms with Gasteiger partial charge in [0, 0.05) is 4.88 Å². The fourth-order valence-corrected chi connectivity index (χ4v) is 3.34. The minimum Gasteiger partial charge on any atom is -0.149 e. The summed E-state index contributed by atoms with van der Waals surface area (Å²) in [5.74, 6) is 0.890. The molecule has 1 rings (SSSR count). The Morgan fingerprint density at radius 3 is 2.41 bits per heavy atom. The number of unbranched alkanes of at least 4 members (excludes halogenated alkanes) is 1. The van der Waals surface area contributed by atoms with Crippen molar-refractivity contribution in [3.8, 4) is 0 Å². The fraction of sp³-hybridized carbons (Fsp3) is 0.750. The molecule has 0 aliphatic carbocycles. The van der Waals surface area contributed by atoms with Crippen molar-refractivity contribution in [2.75, 3.05) is 0 Å². The summed E-state index contributed by atoms with van der Waals surface area (Å²) in [5, 5.41) is 2.35. The van der Waals surface area contributed by atoms with Crippen molar-refractivity contribution in [1.29, 1.82) is 0 Å². The van der Waals surface area contributed by atoms with E-state index in [1.54, 1.807) is 4.88 Å². The van der Waals surface area contributed by atoms with Crippen LogP contribution in [0.4, 0.5) is 0 Å². The van der Waals surface area contributed by atoms with E-state index in [9.17, 15) is 0 Å². The van der Waals surface area contributed by atoms with Crippen molar-refractivity contribution < 1.29 is 0 Å². The third-order valence-corrected chi connectivity index (χ3v) is 4.51. The maximum atomic E-state index is 2.43. The molecule has 0 fully saturated rings. The molecule has 1 heterocycles. The van der Waals surface area contributed by atoms with E-state index >= 15 is 0 Å². The quantitative estimate of drug-likeness (QED) is 0.600. The van der Waals surface area contributed by atoms with E-state index in [2.05, 4.69) is 46.1 Å². The summed E-state index contributed by atoms with van der Waals surface area (Å²) in [6.45, 7) is 11.5. The van der Waals surface area contributed by atoms with Crippen LogP contribution in [0.15, 0.2) is 11.4 Å². The largest absolute Gasteiger partial charge is 0.149 e. The van der Waals surface area contributed by atoms with Crippen LogP contribution in [0.25, 0.3) is 0 Å². The highest BCUT2D eigenvalue weighted by molar-refractivity contribution is 7.10. The van der Waals surface area contributed by atoms with Crippen molar-refractivity contribution in [1.82, 2.24) is 0 Å². The summed E-state index contributed by atoms with van der Waals surface area (Å²) >= 11 is 1.95. The zero-order valence-electron chi connectivity index (χ0n) is 12.2. The second-order valence-electron chi connectivity index (χ2n) is 6.17. The van der Waals surface area contributed by atoms with Crippen LogP contribution in [0, 0.1) is 5.92 Å². The summed E-state index contributed by atoms with van der Waals surface area (Å²) in [5.41, 5.74) is 1.81. The molecule has 0 bridgehead atoms. The lowest BCUT2D eigenvalue weighted by molar-refractivity contribution is 0.451. The van der Waals surface area contributed by atoms with E-state index in [1.807, 2.05) is 11.3 Å². The average molecular weight is 252 g/mol. The van der Waals surface area contributed by atoms with Gasteiger partial charge in [-0.25, -0.2) is 0 Å². The Kier molecular flexibility index (Phi) is 5.72. The molecule has 0 N–H and O–H groups in total. The molecule has 17 heavy (non-hydrogen) atoms. The minimum atomic E-state index is 0.305. The molecule has 0 nitrogen and oxygen atoms in total. The Labute approximate surface area is 111 Å². The van der Waals surface area contributed by atoms with Crippen molar-refractivity contribution in [2.45, 2.75) is 72.1 Å². The van der Waals surface area contributed by atoms with Crippen molar-refractivity contribution in [2.24, 2.45) is 5.92 Å². The highest BCUT2D eigenvalue weighted by Gasteiger charge is 2.16. The van der Waals surface area contributed by atoms with Gasteiger partial charge in [-0.3, -0.25) is 0 Å². The number of rotatable bonds is 6. The average Bonchev–Trinajstić information content (AvgIpc) is 2.72. The molecule has 0 radical (unpaired) electrons. The maximum absolute atomic E-state index is 2.43. The first kappa shape index (κ1) is 14.8. The molecular formula is C16H28S. The van der Waals surface area contributed by atoms with E-state index in [4.69, 9.17) is 0 Å². The van der Waals surface area contributed by atoms with Crippen LogP contribution >= 0.6 is 11.3 Å². The van der Waals surface area contributed by atoms with Gasteiger partial charge in [0.05, 0.1) is 0 Å². The van der Waals surface area contributed by atoms with E-state index < -0.39 is 0 Å². The predicted octanol–water partition coefficient (Wildman–Crippen LogP) is 5.80.